The van der Waals surface area contributed by atoms with Crippen LogP contribution in [0, 0.1) is 0 Å². The lowest BCUT2D eigenvalue weighted by molar-refractivity contribution is -0.121. The molecule has 0 bridgehead atoms. The van der Waals surface area contributed by atoms with Crippen molar-refractivity contribution < 1.29 is 14.4 Å². The second kappa shape index (κ2) is 9.97. The molecule has 4 rings (SSSR count). The lowest BCUT2D eigenvalue weighted by Crippen LogP contribution is -2.62. The molecule has 1 atom stereocenters. The maximum absolute atomic E-state index is 13.3. The number of anilines is 1. The molecule has 2 aliphatic heterocycles. The number of carbonyl (C=O) groups is 3. The zero-order valence-electron chi connectivity index (χ0n) is 20.3. The summed E-state index contributed by atoms with van der Waals surface area (Å²) in [4.78, 5) is 44.3. The van der Waals surface area contributed by atoms with Gasteiger partial charge >= 0.3 is 0 Å². The Labute approximate surface area is 201 Å². The second-order valence-electron chi connectivity index (χ2n) is 9.22. The molecule has 2 heterocycles. The second-order valence-corrected chi connectivity index (χ2v) is 9.22. The first kappa shape index (κ1) is 24.0. The first-order valence-electron chi connectivity index (χ1n) is 12.2. The molecule has 2 aromatic carbocycles. The van der Waals surface area contributed by atoms with Crippen molar-refractivity contribution in [2.24, 2.45) is 0 Å². The van der Waals surface area contributed by atoms with E-state index >= 15 is 0 Å². The SMILES string of the molecule is CCN(CC)Cc1ccc(CNC(=O)CCN2C(=O)c3ccccc3N3C(=O)CCC23C)cc1. The summed E-state index contributed by atoms with van der Waals surface area (Å²) < 4.78 is 0. The molecule has 1 unspecified atom stereocenters. The molecular formula is C27H34N4O3. The van der Waals surface area contributed by atoms with Crippen molar-refractivity contribution in [2.75, 3.05) is 24.5 Å². The highest BCUT2D eigenvalue weighted by molar-refractivity contribution is 6.10. The lowest BCUT2D eigenvalue weighted by atomic mass is 9.98. The Bertz CT molecular complexity index is 1060. The van der Waals surface area contributed by atoms with E-state index in [2.05, 4.69) is 36.2 Å². The zero-order valence-corrected chi connectivity index (χ0v) is 20.3. The van der Waals surface area contributed by atoms with Gasteiger partial charge in [0.25, 0.3) is 5.91 Å². The highest BCUT2D eigenvalue weighted by atomic mass is 16.2. The van der Waals surface area contributed by atoms with E-state index in [-0.39, 0.29) is 30.7 Å². The molecule has 2 aliphatic rings. The van der Waals surface area contributed by atoms with Crippen LogP contribution in [-0.2, 0) is 22.7 Å². The van der Waals surface area contributed by atoms with Crippen molar-refractivity contribution in [1.29, 1.82) is 0 Å². The Kier molecular flexibility index (Phi) is 7.03. The third kappa shape index (κ3) is 4.57. The van der Waals surface area contributed by atoms with Gasteiger partial charge in [-0.15, -0.1) is 0 Å². The predicted octanol–water partition coefficient (Wildman–Crippen LogP) is 3.53. The zero-order chi connectivity index (χ0) is 24.3. The highest BCUT2D eigenvalue weighted by Crippen LogP contribution is 2.43. The maximum Gasteiger partial charge on any atom is 0.257 e. The number of rotatable bonds is 9. The quantitative estimate of drug-likeness (QED) is 0.619. The van der Waals surface area contributed by atoms with Gasteiger partial charge in [-0.2, -0.15) is 0 Å². The molecule has 0 radical (unpaired) electrons. The van der Waals surface area contributed by atoms with E-state index in [0.29, 0.717) is 30.6 Å². The average molecular weight is 463 g/mol. The molecule has 1 N–H and O–H groups in total. The predicted molar refractivity (Wildman–Crippen MR) is 132 cm³/mol. The lowest BCUT2D eigenvalue weighted by Gasteiger charge is -2.48. The molecule has 1 fully saturated rings. The Morgan fingerprint density at radius 3 is 2.41 bits per heavy atom. The van der Waals surface area contributed by atoms with E-state index in [1.807, 2.05) is 31.2 Å². The van der Waals surface area contributed by atoms with Gasteiger partial charge in [0.2, 0.25) is 11.8 Å². The number of hydrogen-bond acceptors (Lipinski definition) is 4. The summed E-state index contributed by atoms with van der Waals surface area (Å²) in [6.07, 6.45) is 1.14. The third-order valence-electron chi connectivity index (χ3n) is 7.12. The first-order chi connectivity index (χ1) is 16.4. The molecule has 2 aromatic rings. The minimum Gasteiger partial charge on any atom is -0.352 e. The molecule has 1 saturated heterocycles. The van der Waals surface area contributed by atoms with Crippen LogP contribution in [0.3, 0.4) is 0 Å². The van der Waals surface area contributed by atoms with Crippen LogP contribution in [0.5, 0.6) is 0 Å². The van der Waals surface area contributed by atoms with Gasteiger partial charge in [-0.1, -0.05) is 50.2 Å². The van der Waals surface area contributed by atoms with Gasteiger partial charge in [-0.05, 0) is 49.7 Å². The van der Waals surface area contributed by atoms with Crippen LogP contribution < -0.4 is 10.2 Å². The van der Waals surface area contributed by atoms with Gasteiger partial charge in [0.1, 0.15) is 5.66 Å². The van der Waals surface area contributed by atoms with Crippen molar-refractivity contribution in [1.82, 2.24) is 15.1 Å². The monoisotopic (exact) mass is 462 g/mol. The van der Waals surface area contributed by atoms with E-state index in [9.17, 15) is 14.4 Å². The van der Waals surface area contributed by atoms with Gasteiger partial charge in [-0.25, -0.2) is 0 Å². The Morgan fingerprint density at radius 2 is 1.71 bits per heavy atom. The molecular weight excluding hydrogens is 428 g/mol. The third-order valence-corrected chi connectivity index (χ3v) is 7.12. The summed E-state index contributed by atoms with van der Waals surface area (Å²) in [5.74, 6) is -0.222. The van der Waals surface area contributed by atoms with Gasteiger partial charge in [-0.3, -0.25) is 24.2 Å². The molecule has 3 amide bonds. The highest BCUT2D eigenvalue weighted by Gasteiger charge is 2.52. The normalized spacial score (nSPS) is 19.4. The van der Waals surface area contributed by atoms with Crippen LogP contribution in [0.25, 0.3) is 0 Å². The number of carbonyl (C=O) groups excluding carboxylic acids is 3. The molecule has 180 valence electrons. The van der Waals surface area contributed by atoms with E-state index in [1.165, 1.54) is 5.56 Å². The van der Waals surface area contributed by atoms with E-state index in [0.717, 1.165) is 25.2 Å². The van der Waals surface area contributed by atoms with Crippen LogP contribution in [0.2, 0.25) is 0 Å². The molecule has 0 spiro atoms. The fourth-order valence-corrected chi connectivity index (χ4v) is 5.01. The molecule has 7 heteroatoms. The Balaban J connectivity index is 1.36. The van der Waals surface area contributed by atoms with Crippen LogP contribution in [-0.4, -0.2) is 52.8 Å². The molecule has 7 nitrogen and oxygen atoms in total. The van der Waals surface area contributed by atoms with Crippen molar-refractivity contribution in [3.05, 3.63) is 65.2 Å². The Morgan fingerprint density at radius 1 is 1.03 bits per heavy atom. The molecule has 0 saturated carbocycles. The minimum atomic E-state index is -0.733. The van der Waals surface area contributed by atoms with Crippen molar-refractivity contribution in [2.45, 2.75) is 58.8 Å². The summed E-state index contributed by atoms with van der Waals surface area (Å²) in [6.45, 7) is 9.91. The van der Waals surface area contributed by atoms with E-state index in [4.69, 9.17) is 0 Å². The molecule has 0 aromatic heterocycles. The number of nitrogens with one attached hydrogen (secondary N) is 1. The maximum atomic E-state index is 13.3. The van der Waals surface area contributed by atoms with E-state index < -0.39 is 5.66 Å². The molecule has 0 aliphatic carbocycles. The fraction of sp³-hybridized carbons (Fsp3) is 0.444. The first-order valence-corrected chi connectivity index (χ1v) is 12.2. The van der Waals surface area contributed by atoms with Crippen LogP contribution in [0.1, 0.15) is 61.5 Å². The summed E-state index contributed by atoms with van der Waals surface area (Å²) in [7, 11) is 0. The van der Waals surface area contributed by atoms with Crippen LogP contribution in [0.4, 0.5) is 5.69 Å². The van der Waals surface area contributed by atoms with Gasteiger partial charge in [0, 0.05) is 32.5 Å². The average Bonchev–Trinajstić information content (AvgIpc) is 3.16. The van der Waals surface area contributed by atoms with Crippen molar-refractivity contribution in [3.63, 3.8) is 0 Å². The number of hydrogen-bond donors (Lipinski definition) is 1. The molecule has 34 heavy (non-hydrogen) atoms. The van der Waals surface area contributed by atoms with Gasteiger partial charge < -0.3 is 10.2 Å². The summed E-state index contributed by atoms with van der Waals surface area (Å²) >= 11 is 0. The Hall–Kier alpha value is -3.19. The van der Waals surface area contributed by atoms with E-state index in [1.54, 1.807) is 21.9 Å². The number of benzene rings is 2. The van der Waals surface area contributed by atoms with Crippen LogP contribution >= 0.6 is 0 Å². The standard InChI is InChI=1S/C27H34N4O3/c1-4-29(5-2)19-21-12-10-20(11-13-21)18-28-24(32)15-17-30-26(34)22-8-6-7-9-23(22)31-25(33)14-16-27(30,31)3/h6-13H,4-5,14-19H2,1-3H3,(H,28,32). The number of nitrogens with zero attached hydrogens (tertiary/aromatic N) is 3. The topological polar surface area (TPSA) is 73.0 Å². The van der Waals surface area contributed by atoms with Crippen LogP contribution in [0.15, 0.2) is 48.5 Å². The number of fused-ring (bicyclic) bond motifs is 3. The largest absolute Gasteiger partial charge is 0.352 e. The summed E-state index contributed by atoms with van der Waals surface area (Å²) in [5.41, 5.74) is 2.75. The van der Waals surface area contributed by atoms with Gasteiger partial charge in [0.15, 0.2) is 0 Å². The minimum absolute atomic E-state index is 0.0151. The fourth-order valence-electron chi connectivity index (χ4n) is 5.01. The smallest absolute Gasteiger partial charge is 0.257 e. The van der Waals surface area contributed by atoms with Gasteiger partial charge in [0.05, 0.1) is 11.3 Å². The van der Waals surface area contributed by atoms with Crippen molar-refractivity contribution in [3.8, 4) is 0 Å². The van der Waals surface area contributed by atoms with Crippen molar-refractivity contribution >= 4 is 23.4 Å². The number of para-hydroxylation sites is 1. The number of amides is 3. The summed E-state index contributed by atoms with van der Waals surface area (Å²) in [6, 6.07) is 15.5. The summed E-state index contributed by atoms with van der Waals surface area (Å²) in [5, 5.41) is 2.97.